The molecule has 17 heavy (non-hydrogen) atoms. The van der Waals surface area contributed by atoms with Crippen LogP contribution in [0.25, 0.3) is 0 Å². The van der Waals surface area contributed by atoms with Gasteiger partial charge in [-0.25, -0.2) is 4.79 Å². The second kappa shape index (κ2) is 5.53. The predicted molar refractivity (Wildman–Crippen MR) is 71.5 cm³/mol. The zero-order valence-corrected chi connectivity index (χ0v) is 11.8. The summed E-state index contributed by atoms with van der Waals surface area (Å²) in [5.74, 6) is 0.428. The number of ether oxygens (including phenoxy) is 1. The van der Waals surface area contributed by atoms with Crippen LogP contribution in [0.5, 0.6) is 0 Å². The lowest BCUT2D eigenvalue weighted by molar-refractivity contribution is -0.152. The molecule has 1 rings (SSSR count). The Bertz CT molecular complexity index is 364. The molecule has 1 fully saturated rings. The topological polar surface area (TPSA) is 54.3 Å². The summed E-state index contributed by atoms with van der Waals surface area (Å²) in [6.45, 7) is 7.83. The molecule has 0 N–H and O–H groups in total. The lowest BCUT2D eigenvalue weighted by Gasteiger charge is -2.29. The minimum atomic E-state index is -0.642. The summed E-state index contributed by atoms with van der Waals surface area (Å²) in [4.78, 5) is 13.7. The van der Waals surface area contributed by atoms with Gasteiger partial charge in [0.15, 0.2) is 5.17 Å². The van der Waals surface area contributed by atoms with Crippen molar-refractivity contribution >= 4 is 28.6 Å². The number of nitrogens with zero attached hydrogens (tertiary/aromatic N) is 3. The van der Waals surface area contributed by atoms with Crippen molar-refractivity contribution in [1.82, 2.24) is 4.90 Å². The Morgan fingerprint density at radius 2 is 2.24 bits per heavy atom. The molecule has 6 heteroatoms. The maximum Gasteiger partial charge on any atom is 0.332 e. The molecule has 1 unspecified atom stereocenters. The van der Waals surface area contributed by atoms with E-state index >= 15 is 0 Å². The van der Waals surface area contributed by atoms with E-state index in [9.17, 15) is 4.79 Å². The zero-order valence-electron chi connectivity index (χ0n) is 11.0. The smallest absolute Gasteiger partial charge is 0.332 e. The summed E-state index contributed by atoms with van der Waals surface area (Å²) >= 11 is 1.52. The maximum absolute atomic E-state index is 11.9. The second-order valence-electron chi connectivity index (χ2n) is 4.27. The van der Waals surface area contributed by atoms with E-state index in [4.69, 9.17) is 4.74 Å². The first-order chi connectivity index (χ1) is 7.91. The molecule has 1 heterocycles. The average molecular weight is 257 g/mol. The lowest BCUT2D eigenvalue weighted by atomic mass is 10.1. The number of carbonyl (C=O) groups excluding carboxylic acids is 1. The Hall–Kier alpha value is -1.04. The van der Waals surface area contributed by atoms with Crippen LogP contribution in [0, 0.1) is 0 Å². The fourth-order valence-corrected chi connectivity index (χ4v) is 2.55. The van der Waals surface area contributed by atoms with Crippen LogP contribution in [0.3, 0.4) is 0 Å². The van der Waals surface area contributed by atoms with E-state index in [2.05, 4.69) is 10.2 Å². The highest BCUT2D eigenvalue weighted by Crippen LogP contribution is 2.32. The summed E-state index contributed by atoms with van der Waals surface area (Å²) in [6.07, 6.45) is 0. The van der Waals surface area contributed by atoms with Crippen molar-refractivity contribution in [2.24, 2.45) is 10.2 Å². The third-order valence-electron chi connectivity index (χ3n) is 2.56. The fourth-order valence-electron chi connectivity index (χ4n) is 1.33. The highest BCUT2D eigenvalue weighted by Gasteiger charge is 2.46. The molecule has 1 saturated heterocycles. The van der Waals surface area contributed by atoms with Gasteiger partial charge in [-0.05, 0) is 27.7 Å². The summed E-state index contributed by atoms with van der Waals surface area (Å²) < 4.78 is 5.09. The van der Waals surface area contributed by atoms with Crippen LogP contribution >= 0.6 is 11.8 Å². The Morgan fingerprint density at radius 3 is 2.76 bits per heavy atom. The van der Waals surface area contributed by atoms with Crippen LogP contribution in [-0.4, -0.2) is 46.7 Å². The highest BCUT2D eigenvalue weighted by atomic mass is 32.2. The van der Waals surface area contributed by atoms with Crippen molar-refractivity contribution in [1.29, 1.82) is 0 Å². The van der Waals surface area contributed by atoms with Crippen molar-refractivity contribution in [3.05, 3.63) is 0 Å². The molecule has 0 saturated carbocycles. The number of hydrogen-bond acceptors (Lipinski definition) is 5. The normalized spacial score (nSPS) is 26.2. The quantitative estimate of drug-likeness (QED) is 0.439. The van der Waals surface area contributed by atoms with E-state index in [1.165, 1.54) is 11.8 Å². The van der Waals surface area contributed by atoms with Crippen LogP contribution in [0.4, 0.5) is 0 Å². The van der Waals surface area contributed by atoms with E-state index in [1.54, 1.807) is 0 Å². The van der Waals surface area contributed by atoms with Gasteiger partial charge in [0.05, 0.1) is 6.61 Å². The van der Waals surface area contributed by atoms with Crippen molar-refractivity contribution in [3.8, 4) is 0 Å². The number of thioether (sulfide) groups is 1. The van der Waals surface area contributed by atoms with Crippen LogP contribution in [0.1, 0.15) is 27.7 Å². The largest absolute Gasteiger partial charge is 0.464 e. The van der Waals surface area contributed by atoms with Crippen molar-refractivity contribution in [3.63, 3.8) is 0 Å². The van der Waals surface area contributed by atoms with E-state index in [1.807, 2.05) is 39.6 Å². The Balaban J connectivity index is 2.85. The second-order valence-corrected chi connectivity index (χ2v) is 5.21. The third-order valence-corrected chi connectivity index (χ3v) is 3.88. The molecule has 96 valence electrons. The monoisotopic (exact) mass is 257 g/mol. The molecule has 1 aliphatic heterocycles. The van der Waals surface area contributed by atoms with Gasteiger partial charge in [0.25, 0.3) is 0 Å². The number of esters is 1. The summed E-state index contributed by atoms with van der Waals surface area (Å²) in [5, 5.41) is 8.90. The molecule has 0 amide bonds. The molecule has 0 radical (unpaired) electrons. The van der Waals surface area contributed by atoms with Crippen LogP contribution < -0.4 is 0 Å². The molecule has 5 nitrogen and oxygen atoms in total. The van der Waals surface area contributed by atoms with Crippen LogP contribution in [0.15, 0.2) is 10.2 Å². The molecule has 0 aromatic heterocycles. The van der Waals surface area contributed by atoms with E-state index in [0.717, 1.165) is 10.9 Å². The highest BCUT2D eigenvalue weighted by molar-refractivity contribution is 8.14. The zero-order chi connectivity index (χ0) is 13.1. The van der Waals surface area contributed by atoms with Crippen molar-refractivity contribution < 1.29 is 9.53 Å². The van der Waals surface area contributed by atoms with Gasteiger partial charge in [-0.3, -0.25) is 0 Å². The molecule has 1 aliphatic rings. The fraction of sp³-hybridized carbons (Fsp3) is 0.727. The van der Waals surface area contributed by atoms with E-state index in [-0.39, 0.29) is 5.97 Å². The van der Waals surface area contributed by atoms with Gasteiger partial charge in [-0.2, -0.15) is 5.10 Å². The average Bonchev–Trinajstić information content (AvgIpc) is 2.55. The SMILES string of the molecule is CCOC(=O)C1(C)CSC(=NN=C(C)C)N1C. The van der Waals surface area contributed by atoms with Gasteiger partial charge in [-0.15, -0.1) is 5.10 Å². The Kier molecular flexibility index (Phi) is 4.56. The van der Waals surface area contributed by atoms with E-state index in [0.29, 0.717) is 12.4 Å². The van der Waals surface area contributed by atoms with Gasteiger partial charge >= 0.3 is 5.97 Å². The molecule has 0 aromatic carbocycles. The minimum Gasteiger partial charge on any atom is -0.464 e. The number of carbonyl (C=O) groups is 1. The van der Waals surface area contributed by atoms with Gasteiger partial charge in [0.2, 0.25) is 0 Å². The first-order valence-electron chi connectivity index (χ1n) is 5.54. The van der Waals surface area contributed by atoms with E-state index < -0.39 is 5.54 Å². The van der Waals surface area contributed by atoms with Gasteiger partial charge in [0.1, 0.15) is 5.54 Å². The van der Waals surface area contributed by atoms with Gasteiger partial charge < -0.3 is 9.64 Å². The van der Waals surface area contributed by atoms with Crippen molar-refractivity contribution in [2.75, 3.05) is 19.4 Å². The molecule has 0 aromatic rings. The Labute approximate surface area is 106 Å². The first kappa shape index (κ1) is 14.0. The number of amidine groups is 1. The third kappa shape index (κ3) is 3.00. The molecular formula is C11H19N3O2S. The molecule has 0 bridgehead atoms. The summed E-state index contributed by atoms with van der Waals surface area (Å²) in [7, 11) is 1.84. The number of hydrogen-bond donors (Lipinski definition) is 0. The standard InChI is InChI=1S/C11H19N3O2S/c1-6-16-9(15)11(4)7-17-10(14(11)5)13-12-8(2)3/h6-7H2,1-5H3. The minimum absolute atomic E-state index is 0.211. The summed E-state index contributed by atoms with van der Waals surface area (Å²) in [5.41, 5.74) is 0.243. The van der Waals surface area contributed by atoms with Crippen LogP contribution in [0.2, 0.25) is 0 Å². The van der Waals surface area contributed by atoms with Crippen LogP contribution in [-0.2, 0) is 9.53 Å². The van der Waals surface area contributed by atoms with Gasteiger partial charge in [-0.1, -0.05) is 11.8 Å². The molecular weight excluding hydrogens is 238 g/mol. The first-order valence-corrected chi connectivity index (χ1v) is 6.53. The maximum atomic E-state index is 11.9. The molecule has 0 aliphatic carbocycles. The molecule has 1 atom stereocenters. The number of rotatable bonds is 3. The lowest BCUT2D eigenvalue weighted by Crippen LogP contribution is -2.50. The number of likely N-dealkylation sites (N-methyl/N-ethyl adjacent to an activating group) is 1. The Morgan fingerprint density at radius 1 is 1.59 bits per heavy atom. The predicted octanol–water partition coefficient (Wildman–Crippen LogP) is 1.74. The summed E-state index contributed by atoms with van der Waals surface area (Å²) in [6, 6.07) is 0. The van der Waals surface area contributed by atoms with Crippen molar-refractivity contribution in [2.45, 2.75) is 33.2 Å². The molecule has 0 spiro atoms. The van der Waals surface area contributed by atoms with Gasteiger partial charge in [0, 0.05) is 18.5 Å².